The summed E-state index contributed by atoms with van der Waals surface area (Å²) in [5.74, 6) is -2.24. The summed E-state index contributed by atoms with van der Waals surface area (Å²) < 4.78 is 101. The molecule has 1 N–H and O–H groups in total. The van der Waals surface area contributed by atoms with Crippen molar-refractivity contribution >= 4 is 21.9 Å². The molecule has 0 rings (SSSR count). The zero-order valence-corrected chi connectivity index (χ0v) is 9.54. The van der Waals surface area contributed by atoms with Crippen LogP contribution in [0.15, 0.2) is 0 Å². The Balaban J connectivity index is 5.58. The fraction of sp³-hybridized carbons (Fsp3) is 1.00. The molecular formula is C5H6ClF6NO3S. The lowest BCUT2D eigenvalue weighted by Gasteiger charge is -2.37. The van der Waals surface area contributed by atoms with Crippen LogP contribution < -0.4 is 0 Å². The molecule has 0 saturated carbocycles. The lowest BCUT2D eigenvalue weighted by atomic mass is 10.1. The summed E-state index contributed by atoms with van der Waals surface area (Å²) in [7, 11) is -5.32. The van der Waals surface area contributed by atoms with E-state index < -0.39 is 38.3 Å². The van der Waals surface area contributed by atoms with E-state index in [9.17, 15) is 34.8 Å². The average Bonchev–Trinajstić information content (AvgIpc) is 1.95. The fourth-order valence-corrected chi connectivity index (χ4v) is 2.11. The lowest BCUT2D eigenvalue weighted by Crippen LogP contribution is -2.61. The first kappa shape index (κ1) is 16.7. The van der Waals surface area contributed by atoms with Gasteiger partial charge in [-0.25, -0.2) is 0 Å². The second-order valence-corrected chi connectivity index (χ2v) is 5.04. The van der Waals surface area contributed by atoms with E-state index in [2.05, 4.69) is 11.8 Å². The predicted octanol–water partition coefficient (Wildman–Crippen LogP) is 2.17. The summed E-state index contributed by atoms with van der Waals surface area (Å²) in [6, 6.07) is 0. The Bertz CT molecular complexity index is 378. The van der Waals surface area contributed by atoms with Gasteiger partial charge in [0.15, 0.2) is 5.54 Å². The summed E-state index contributed by atoms with van der Waals surface area (Å²) in [6.45, 7) is -0.0960. The van der Waals surface area contributed by atoms with E-state index >= 15 is 0 Å². The third-order valence-electron chi connectivity index (χ3n) is 1.73. The maximum absolute atomic E-state index is 12.4. The highest BCUT2D eigenvalue weighted by Crippen LogP contribution is 2.43. The van der Waals surface area contributed by atoms with Crippen molar-refractivity contribution in [2.75, 3.05) is 5.75 Å². The van der Waals surface area contributed by atoms with Crippen LogP contribution in [0.5, 0.6) is 0 Å². The van der Waals surface area contributed by atoms with Crippen LogP contribution in [0, 0.1) is 0 Å². The SMILES string of the molecule is CC(CS(=O)(=O)O)(N(Cl)C(F)(F)F)C(F)(F)F. The van der Waals surface area contributed by atoms with Gasteiger partial charge in [-0.2, -0.15) is 34.8 Å². The molecule has 17 heavy (non-hydrogen) atoms. The van der Waals surface area contributed by atoms with Crippen molar-refractivity contribution in [3.8, 4) is 0 Å². The molecule has 0 heterocycles. The Morgan fingerprint density at radius 3 is 1.71 bits per heavy atom. The zero-order chi connectivity index (χ0) is 14.3. The predicted molar refractivity (Wildman–Crippen MR) is 44.6 cm³/mol. The monoisotopic (exact) mass is 309 g/mol. The molecule has 0 aromatic carbocycles. The van der Waals surface area contributed by atoms with Crippen molar-refractivity contribution in [2.45, 2.75) is 24.9 Å². The molecule has 0 aliphatic heterocycles. The molecule has 0 radical (unpaired) electrons. The summed E-state index contributed by atoms with van der Waals surface area (Å²) in [6.07, 6.45) is -11.3. The van der Waals surface area contributed by atoms with Gasteiger partial charge in [-0.1, -0.05) is 0 Å². The normalized spacial score (nSPS) is 18.2. The first-order chi connectivity index (χ1) is 7.11. The number of nitrogens with zero attached hydrogens (tertiary/aromatic N) is 1. The Hall–Kier alpha value is -0.260. The van der Waals surface area contributed by atoms with Gasteiger partial charge in [-0.15, -0.1) is 4.42 Å². The van der Waals surface area contributed by atoms with Crippen LogP contribution >= 0.6 is 11.8 Å². The maximum atomic E-state index is 12.4. The Kier molecular flexibility index (Phi) is 4.38. The van der Waals surface area contributed by atoms with Crippen LogP contribution in [0.2, 0.25) is 0 Å². The van der Waals surface area contributed by atoms with E-state index in [1.807, 2.05) is 0 Å². The topological polar surface area (TPSA) is 57.6 Å². The van der Waals surface area contributed by atoms with E-state index in [0.29, 0.717) is 0 Å². The number of halogens is 7. The molecule has 0 fully saturated rings. The molecule has 0 aliphatic carbocycles. The van der Waals surface area contributed by atoms with Crippen molar-refractivity contribution in [3.63, 3.8) is 0 Å². The van der Waals surface area contributed by atoms with E-state index in [1.54, 1.807) is 0 Å². The first-order valence-corrected chi connectivity index (χ1v) is 5.61. The highest BCUT2D eigenvalue weighted by Gasteiger charge is 2.63. The van der Waals surface area contributed by atoms with Crippen LogP contribution in [0.25, 0.3) is 0 Å². The van der Waals surface area contributed by atoms with Gasteiger partial charge in [0.1, 0.15) is 5.75 Å². The Morgan fingerprint density at radius 1 is 1.18 bits per heavy atom. The van der Waals surface area contributed by atoms with Crippen molar-refractivity contribution in [1.29, 1.82) is 0 Å². The van der Waals surface area contributed by atoms with Crippen LogP contribution in [-0.4, -0.2) is 41.2 Å². The number of alkyl halides is 6. The molecule has 0 spiro atoms. The number of rotatable bonds is 3. The quantitative estimate of drug-likeness (QED) is 0.376. The van der Waals surface area contributed by atoms with Crippen LogP contribution in [0.3, 0.4) is 0 Å². The Labute approximate surface area is 97.0 Å². The van der Waals surface area contributed by atoms with Crippen LogP contribution in [0.1, 0.15) is 6.92 Å². The summed E-state index contributed by atoms with van der Waals surface area (Å²) in [5.41, 5.74) is -4.00. The molecule has 0 saturated heterocycles. The largest absolute Gasteiger partial charge is 0.474 e. The molecule has 1 unspecified atom stereocenters. The highest BCUT2D eigenvalue weighted by molar-refractivity contribution is 7.85. The van der Waals surface area contributed by atoms with Gasteiger partial charge in [-0.3, -0.25) is 4.55 Å². The van der Waals surface area contributed by atoms with E-state index in [1.165, 1.54) is 0 Å². The van der Waals surface area contributed by atoms with Gasteiger partial charge in [0.25, 0.3) is 10.1 Å². The van der Waals surface area contributed by atoms with Gasteiger partial charge in [0.05, 0.1) is 0 Å². The molecular weight excluding hydrogens is 304 g/mol. The second-order valence-electron chi connectivity index (χ2n) is 3.25. The molecule has 0 aromatic heterocycles. The second kappa shape index (κ2) is 4.44. The van der Waals surface area contributed by atoms with Crippen molar-refractivity contribution in [2.24, 2.45) is 0 Å². The molecule has 4 nitrogen and oxygen atoms in total. The number of hydrogen-bond donors (Lipinski definition) is 1. The smallest absolute Gasteiger partial charge is 0.285 e. The fourth-order valence-electron chi connectivity index (χ4n) is 0.885. The van der Waals surface area contributed by atoms with Gasteiger partial charge in [-0.05, 0) is 18.7 Å². The summed E-state index contributed by atoms with van der Waals surface area (Å²) >= 11 is 4.47. The highest BCUT2D eigenvalue weighted by atomic mass is 35.5. The lowest BCUT2D eigenvalue weighted by molar-refractivity contribution is -0.293. The van der Waals surface area contributed by atoms with E-state index in [4.69, 9.17) is 4.55 Å². The zero-order valence-electron chi connectivity index (χ0n) is 7.97. The number of hydrogen-bond acceptors (Lipinski definition) is 3. The minimum atomic E-state index is -5.63. The van der Waals surface area contributed by atoms with Crippen molar-refractivity contribution in [1.82, 2.24) is 4.42 Å². The van der Waals surface area contributed by atoms with Crippen LogP contribution in [-0.2, 0) is 10.1 Å². The molecule has 0 bridgehead atoms. The van der Waals surface area contributed by atoms with Gasteiger partial charge in [0, 0.05) is 0 Å². The van der Waals surface area contributed by atoms with Gasteiger partial charge in [0.2, 0.25) is 0 Å². The molecule has 0 aliphatic rings. The minimum absolute atomic E-state index is 0.0960. The third kappa shape index (κ3) is 4.16. The Morgan fingerprint density at radius 2 is 1.53 bits per heavy atom. The van der Waals surface area contributed by atoms with Crippen molar-refractivity contribution in [3.05, 3.63) is 0 Å². The third-order valence-corrected chi connectivity index (χ3v) is 3.22. The minimum Gasteiger partial charge on any atom is -0.285 e. The maximum Gasteiger partial charge on any atom is 0.474 e. The van der Waals surface area contributed by atoms with Crippen LogP contribution in [0.4, 0.5) is 26.3 Å². The molecule has 12 heteroatoms. The molecule has 0 amide bonds. The average molecular weight is 310 g/mol. The van der Waals surface area contributed by atoms with E-state index in [-0.39, 0.29) is 6.92 Å². The van der Waals surface area contributed by atoms with E-state index in [0.717, 1.165) is 0 Å². The molecule has 104 valence electrons. The van der Waals surface area contributed by atoms with Crippen molar-refractivity contribution < 1.29 is 39.3 Å². The van der Waals surface area contributed by atoms with Gasteiger partial charge >= 0.3 is 12.5 Å². The summed E-state index contributed by atoms with van der Waals surface area (Å²) in [4.78, 5) is 0. The molecule has 1 atom stereocenters. The van der Waals surface area contributed by atoms with Gasteiger partial charge < -0.3 is 0 Å². The molecule has 0 aromatic rings. The standard InChI is InChI=1S/C5H6ClF6NO3S/c1-3(4(7,8)9,2-17(14,15)16)13(6)5(10,11)12/h2H2,1H3,(H,14,15,16). The first-order valence-electron chi connectivity index (χ1n) is 3.66. The summed E-state index contributed by atoms with van der Waals surface area (Å²) in [5, 5.41) is 0.